The minimum absolute atomic E-state index is 0.733. The molecule has 1 saturated heterocycles. The number of hydrogen-bond acceptors (Lipinski definition) is 3. The van der Waals surface area contributed by atoms with Gasteiger partial charge >= 0.3 is 0 Å². The van der Waals surface area contributed by atoms with Crippen LogP contribution in [-0.2, 0) is 0 Å². The van der Waals surface area contributed by atoms with Crippen LogP contribution in [0.3, 0.4) is 0 Å². The minimum atomic E-state index is 0.733. The number of nitrogens with one attached hydrogen (secondary N) is 1. The average Bonchev–Trinajstić information content (AvgIpc) is 2.62. The second-order valence-corrected chi connectivity index (χ2v) is 4.89. The van der Waals surface area contributed by atoms with Crippen LogP contribution in [0.2, 0.25) is 0 Å². The summed E-state index contributed by atoms with van der Waals surface area (Å²) >= 11 is 1.95. The van der Waals surface area contributed by atoms with E-state index in [0.717, 1.165) is 12.1 Å². The van der Waals surface area contributed by atoms with Gasteiger partial charge in [0.1, 0.15) is 0 Å². The van der Waals surface area contributed by atoms with E-state index >= 15 is 0 Å². The fourth-order valence-corrected chi connectivity index (χ4v) is 2.47. The van der Waals surface area contributed by atoms with Crippen LogP contribution in [0.1, 0.15) is 19.8 Å². The molecule has 1 fully saturated rings. The second-order valence-electron chi connectivity index (χ2n) is 3.90. The predicted molar refractivity (Wildman–Crippen MR) is 61.5 cm³/mol. The lowest BCUT2D eigenvalue weighted by atomic mass is 10.2. The van der Waals surface area contributed by atoms with Crippen LogP contribution in [0, 0.1) is 0 Å². The normalized spacial score (nSPS) is 26.5. The molecule has 2 atom stereocenters. The van der Waals surface area contributed by atoms with E-state index in [9.17, 15) is 0 Å². The molecule has 13 heavy (non-hydrogen) atoms. The smallest absolute Gasteiger partial charge is 0.0204 e. The van der Waals surface area contributed by atoms with Crippen molar-refractivity contribution < 1.29 is 0 Å². The summed E-state index contributed by atoms with van der Waals surface area (Å²) in [6.07, 6.45) is 4.84. The van der Waals surface area contributed by atoms with Gasteiger partial charge in [-0.2, -0.15) is 11.8 Å². The zero-order chi connectivity index (χ0) is 9.68. The van der Waals surface area contributed by atoms with Crippen LogP contribution in [0.15, 0.2) is 0 Å². The van der Waals surface area contributed by atoms with Crippen molar-refractivity contribution >= 4 is 11.8 Å². The number of likely N-dealkylation sites (tertiary alicyclic amines) is 1. The van der Waals surface area contributed by atoms with Crippen molar-refractivity contribution in [3.8, 4) is 0 Å². The largest absolute Gasteiger partial charge is 0.316 e. The van der Waals surface area contributed by atoms with Crippen LogP contribution in [0.5, 0.6) is 0 Å². The van der Waals surface area contributed by atoms with E-state index in [4.69, 9.17) is 0 Å². The summed E-state index contributed by atoms with van der Waals surface area (Å²) in [6, 6.07) is 1.50. The first-order valence-electron chi connectivity index (χ1n) is 5.18. The Morgan fingerprint density at radius 2 is 2.38 bits per heavy atom. The number of rotatable bonds is 5. The van der Waals surface area contributed by atoms with Crippen molar-refractivity contribution in [2.45, 2.75) is 31.8 Å². The van der Waals surface area contributed by atoms with Gasteiger partial charge in [-0.15, -0.1) is 0 Å². The highest BCUT2D eigenvalue weighted by atomic mass is 32.2. The standard InChI is InChI=1S/C10H22N2S/c1-9(5-7-13-3)12-6-4-10(8-12)11-2/h9-11H,4-8H2,1-3H3. The first-order chi connectivity index (χ1) is 6.27. The molecule has 0 aromatic heterocycles. The van der Waals surface area contributed by atoms with Gasteiger partial charge in [-0.1, -0.05) is 0 Å². The van der Waals surface area contributed by atoms with Crippen molar-refractivity contribution in [1.29, 1.82) is 0 Å². The monoisotopic (exact) mass is 202 g/mol. The molecule has 1 aliphatic rings. The zero-order valence-corrected chi connectivity index (χ0v) is 9.86. The van der Waals surface area contributed by atoms with E-state index in [-0.39, 0.29) is 0 Å². The molecule has 0 aliphatic carbocycles. The van der Waals surface area contributed by atoms with E-state index in [0.29, 0.717) is 0 Å². The molecule has 1 heterocycles. The van der Waals surface area contributed by atoms with Crippen LogP contribution in [0.25, 0.3) is 0 Å². The molecule has 1 N–H and O–H groups in total. The fraction of sp³-hybridized carbons (Fsp3) is 1.00. The molecule has 0 aromatic carbocycles. The van der Waals surface area contributed by atoms with E-state index in [2.05, 4.69) is 30.4 Å². The molecule has 1 aliphatic heterocycles. The lowest BCUT2D eigenvalue weighted by Gasteiger charge is -2.23. The molecule has 0 aromatic rings. The number of thioether (sulfide) groups is 1. The summed E-state index contributed by atoms with van der Waals surface area (Å²) in [5.41, 5.74) is 0. The Balaban J connectivity index is 2.20. The van der Waals surface area contributed by atoms with Gasteiger partial charge in [-0.25, -0.2) is 0 Å². The van der Waals surface area contributed by atoms with Crippen molar-refractivity contribution in [3.63, 3.8) is 0 Å². The highest BCUT2D eigenvalue weighted by Crippen LogP contribution is 2.15. The molecule has 3 heteroatoms. The van der Waals surface area contributed by atoms with Gasteiger partial charge in [-0.05, 0) is 38.8 Å². The third-order valence-electron chi connectivity index (χ3n) is 2.99. The molecule has 1 rings (SSSR count). The average molecular weight is 202 g/mol. The predicted octanol–water partition coefficient (Wildman–Crippen LogP) is 1.42. The van der Waals surface area contributed by atoms with Gasteiger partial charge in [0.2, 0.25) is 0 Å². The molecule has 0 bridgehead atoms. The van der Waals surface area contributed by atoms with E-state index in [1.54, 1.807) is 0 Å². The Morgan fingerprint density at radius 1 is 1.62 bits per heavy atom. The summed E-state index contributed by atoms with van der Waals surface area (Å²) in [6.45, 7) is 4.88. The zero-order valence-electron chi connectivity index (χ0n) is 9.05. The Kier molecular flexibility index (Phi) is 5.14. The van der Waals surface area contributed by atoms with Crippen molar-refractivity contribution in [3.05, 3.63) is 0 Å². The second kappa shape index (κ2) is 5.89. The lowest BCUT2D eigenvalue weighted by Crippen LogP contribution is -2.35. The number of nitrogens with zero attached hydrogens (tertiary/aromatic N) is 1. The third kappa shape index (κ3) is 3.49. The van der Waals surface area contributed by atoms with E-state index in [1.807, 2.05) is 11.8 Å². The quantitative estimate of drug-likeness (QED) is 0.726. The summed E-state index contributed by atoms with van der Waals surface area (Å²) < 4.78 is 0. The minimum Gasteiger partial charge on any atom is -0.316 e. The molecule has 78 valence electrons. The van der Waals surface area contributed by atoms with Crippen LogP contribution < -0.4 is 5.32 Å². The maximum Gasteiger partial charge on any atom is 0.0204 e. The molecular formula is C10H22N2S. The molecule has 0 saturated carbocycles. The summed E-state index contributed by atoms with van der Waals surface area (Å²) in [5.74, 6) is 1.29. The first-order valence-corrected chi connectivity index (χ1v) is 6.57. The van der Waals surface area contributed by atoms with E-state index < -0.39 is 0 Å². The topological polar surface area (TPSA) is 15.3 Å². The SMILES string of the molecule is CNC1CCN(C(C)CCSC)C1. The maximum absolute atomic E-state index is 3.36. The number of likely N-dealkylation sites (N-methyl/N-ethyl adjacent to an activating group) is 1. The van der Waals surface area contributed by atoms with Gasteiger partial charge in [0.25, 0.3) is 0 Å². The van der Waals surface area contributed by atoms with Gasteiger partial charge in [0.05, 0.1) is 0 Å². The molecular weight excluding hydrogens is 180 g/mol. The third-order valence-corrected chi connectivity index (χ3v) is 3.63. The van der Waals surface area contributed by atoms with Crippen LogP contribution >= 0.6 is 11.8 Å². The van der Waals surface area contributed by atoms with Crippen molar-refractivity contribution in [1.82, 2.24) is 10.2 Å². The summed E-state index contributed by atoms with van der Waals surface area (Å²) in [7, 11) is 2.07. The maximum atomic E-state index is 3.36. The molecule has 2 nitrogen and oxygen atoms in total. The van der Waals surface area contributed by atoms with Crippen molar-refractivity contribution in [2.75, 3.05) is 32.1 Å². The first kappa shape index (κ1) is 11.3. The van der Waals surface area contributed by atoms with Crippen LogP contribution in [-0.4, -0.2) is 49.1 Å². The molecule has 0 amide bonds. The van der Waals surface area contributed by atoms with Gasteiger partial charge < -0.3 is 5.32 Å². The fourth-order valence-electron chi connectivity index (χ4n) is 1.89. The Morgan fingerprint density at radius 3 is 2.92 bits per heavy atom. The summed E-state index contributed by atoms with van der Waals surface area (Å²) in [5, 5.41) is 3.36. The highest BCUT2D eigenvalue weighted by Gasteiger charge is 2.24. The molecule has 2 unspecified atom stereocenters. The Hall–Kier alpha value is 0.270. The molecule has 0 radical (unpaired) electrons. The van der Waals surface area contributed by atoms with Gasteiger partial charge in [0, 0.05) is 25.2 Å². The van der Waals surface area contributed by atoms with Crippen LogP contribution in [0.4, 0.5) is 0 Å². The lowest BCUT2D eigenvalue weighted by molar-refractivity contribution is 0.249. The highest BCUT2D eigenvalue weighted by molar-refractivity contribution is 7.98. The van der Waals surface area contributed by atoms with Gasteiger partial charge in [-0.3, -0.25) is 4.90 Å². The number of hydrogen-bond donors (Lipinski definition) is 1. The van der Waals surface area contributed by atoms with E-state index in [1.165, 1.54) is 31.7 Å². The molecule has 0 spiro atoms. The Bertz CT molecular complexity index is 141. The Labute approximate surface area is 86.5 Å². The van der Waals surface area contributed by atoms with Crippen molar-refractivity contribution in [2.24, 2.45) is 0 Å². The summed E-state index contributed by atoms with van der Waals surface area (Å²) in [4.78, 5) is 2.61. The van der Waals surface area contributed by atoms with Gasteiger partial charge in [0.15, 0.2) is 0 Å².